The van der Waals surface area contributed by atoms with E-state index in [0.29, 0.717) is 19.3 Å². The molecule has 1 fully saturated rings. The summed E-state index contributed by atoms with van der Waals surface area (Å²) in [5, 5.41) is 10.3. The predicted octanol–water partition coefficient (Wildman–Crippen LogP) is 1.35. The second-order valence-corrected chi connectivity index (χ2v) is 7.72. The molecule has 26 heavy (non-hydrogen) atoms. The quantitative estimate of drug-likeness (QED) is 0.742. The molecule has 0 radical (unpaired) electrons. The lowest BCUT2D eigenvalue weighted by Gasteiger charge is -2.18. The van der Waals surface area contributed by atoms with E-state index in [-0.39, 0.29) is 18.0 Å². The molecule has 0 spiro atoms. The summed E-state index contributed by atoms with van der Waals surface area (Å²) in [5.74, 6) is -0.149. The molecule has 0 amide bonds. The van der Waals surface area contributed by atoms with E-state index in [1.165, 1.54) is 0 Å². The maximum Gasteiger partial charge on any atom is 0.302 e. The van der Waals surface area contributed by atoms with Gasteiger partial charge in [-0.15, -0.1) is 0 Å². The minimum absolute atomic E-state index is 0.0462. The molecule has 0 aromatic heterocycles. The van der Waals surface area contributed by atoms with E-state index in [2.05, 4.69) is 4.72 Å². The third-order valence-corrected chi connectivity index (χ3v) is 5.77. The highest BCUT2D eigenvalue weighted by atomic mass is 32.2. The number of benzene rings is 2. The summed E-state index contributed by atoms with van der Waals surface area (Å²) in [6.45, 7) is 0.445. The summed E-state index contributed by atoms with van der Waals surface area (Å²) in [6, 6.07) is 11.9. The number of nitrogens with zero attached hydrogens (tertiary/aromatic N) is 1. The van der Waals surface area contributed by atoms with Gasteiger partial charge in [0.05, 0.1) is 24.9 Å². The van der Waals surface area contributed by atoms with Crippen molar-refractivity contribution in [3.05, 3.63) is 59.2 Å². The SMILES string of the molecule is COCc1ccccc1Cc1ccc(N2CC(C=O)NS2(=O)=O)c(O)c1. The molecule has 2 aromatic carbocycles. The number of ether oxygens (including phenoxy) is 1. The van der Waals surface area contributed by atoms with E-state index in [0.717, 1.165) is 21.0 Å². The Morgan fingerprint density at radius 1 is 1.27 bits per heavy atom. The molecule has 8 heteroatoms. The van der Waals surface area contributed by atoms with E-state index >= 15 is 0 Å². The summed E-state index contributed by atoms with van der Waals surface area (Å²) in [6.07, 6.45) is 1.12. The number of phenolic OH excluding ortho intramolecular Hbond substituents is 1. The lowest BCUT2D eigenvalue weighted by atomic mass is 9.99. The number of aldehydes is 1. The zero-order valence-corrected chi connectivity index (χ0v) is 15.1. The number of aromatic hydroxyl groups is 1. The molecule has 2 N–H and O–H groups in total. The lowest BCUT2D eigenvalue weighted by Crippen LogP contribution is -2.30. The van der Waals surface area contributed by atoms with E-state index in [1.54, 1.807) is 25.3 Å². The van der Waals surface area contributed by atoms with Crippen molar-refractivity contribution < 1.29 is 23.1 Å². The summed E-state index contributed by atoms with van der Waals surface area (Å²) < 4.78 is 32.7. The Morgan fingerprint density at radius 2 is 2.00 bits per heavy atom. The Bertz CT molecular complexity index is 914. The summed E-state index contributed by atoms with van der Waals surface area (Å²) in [7, 11) is -2.20. The average molecular weight is 376 g/mol. The Morgan fingerprint density at radius 3 is 2.62 bits per heavy atom. The normalized spacial score (nSPS) is 18.8. The van der Waals surface area contributed by atoms with Crippen molar-refractivity contribution in [2.45, 2.75) is 19.1 Å². The number of anilines is 1. The Balaban J connectivity index is 1.86. The first-order valence-electron chi connectivity index (χ1n) is 8.07. The second kappa shape index (κ2) is 7.45. The molecule has 1 atom stereocenters. The maximum absolute atomic E-state index is 12.1. The highest BCUT2D eigenvalue weighted by molar-refractivity contribution is 7.91. The number of hydrogen-bond donors (Lipinski definition) is 2. The third kappa shape index (κ3) is 3.72. The second-order valence-electron chi connectivity index (χ2n) is 6.10. The topological polar surface area (TPSA) is 95.9 Å². The molecular formula is C18H20N2O5S. The van der Waals surface area contributed by atoms with Gasteiger partial charge >= 0.3 is 10.2 Å². The fourth-order valence-corrected chi connectivity index (χ4v) is 4.41. The molecule has 7 nitrogen and oxygen atoms in total. The molecule has 3 rings (SSSR count). The van der Waals surface area contributed by atoms with E-state index < -0.39 is 16.3 Å². The van der Waals surface area contributed by atoms with Gasteiger partial charge in [-0.3, -0.25) is 4.31 Å². The van der Waals surface area contributed by atoms with Gasteiger partial charge in [-0.2, -0.15) is 13.1 Å². The van der Waals surface area contributed by atoms with Crippen LogP contribution >= 0.6 is 0 Å². The van der Waals surface area contributed by atoms with Crippen molar-refractivity contribution in [1.29, 1.82) is 0 Å². The van der Waals surface area contributed by atoms with Crippen LogP contribution < -0.4 is 9.03 Å². The van der Waals surface area contributed by atoms with Crippen LogP contribution in [0.4, 0.5) is 5.69 Å². The molecule has 1 aliphatic heterocycles. The van der Waals surface area contributed by atoms with Gasteiger partial charge in [0.25, 0.3) is 0 Å². The summed E-state index contributed by atoms with van der Waals surface area (Å²) >= 11 is 0. The highest BCUT2D eigenvalue weighted by Gasteiger charge is 2.36. The molecule has 0 saturated carbocycles. The first-order valence-corrected chi connectivity index (χ1v) is 9.51. The van der Waals surface area contributed by atoms with Crippen molar-refractivity contribution in [3.8, 4) is 5.75 Å². The number of carbonyl (C=O) groups is 1. The third-order valence-electron chi connectivity index (χ3n) is 4.24. The molecule has 138 valence electrons. The van der Waals surface area contributed by atoms with Crippen molar-refractivity contribution >= 4 is 22.2 Å². The van der Waals surface area contributed by atoms with Crippen LogP contribution in [0.3, 0.4) is 0 Å². The zero-order chi connectivity index (χ0) is 18.7. The first-order chi connectivity index (χ1) is 12.4. The number of carbonyl (C=O) groups excluding carboxylic acids is 1. The van der Waals surface area contributed by atoms with Crippen LogP contribution in [0.2, 0.25) is 0 Å². The molecule has 0 bridgehead atoms. The average Bonchev–Trinajstić information content (AvgIpc) is 2.92. The van der Waals surface area contributed by atoms with E-state index in [1.807, 2.05) is 24.3 Å². The smallest absolute Gasteiger partial charge is 0.302 e. The largest absolute Gasteiger partial charge is 0.506 e. The highest BCUT2D eigenvalue weighted by Crippen LogP contribution is 2.32. The van der Waals surface area contributed by atoms with Gasteiger partial charge in [0, 0.05) is 7.11 Å². The van der Waals surface area contributed by atoms with Crippen molar-refractivity contribution in [3.63, 3.8) is 0 Å². The summed E-state index contributed by atoms with van der Waals surface area (Å²) in [5.41, 5.74) is 3.11. The molecule has 1 heterocycles. The fourth-order valence-electron chi connectivity index (χ4n) is 3.00. The van der Waals surface area contributed by atoms with Crippen LogP contribution in [0.15, 0.2) is 42.5 Å². The van der Waals surface area contributed by atoms with Crippen LogP contribution in [0.1, 0.15) is 16.7 Å². The minimum atomic E-state index is -3.83. The van der Waals surface area contributed by atoms with Gasteiger partial charge in [-0.05, 0) is 35.2 Å². The van der Waals surface area contributed by atoms with Crippen LogP contribution in [0.5, 0.6) is 5.75 Å². The van der Waals surface area contributed by atoms with Crippen LogP contribution in [0.25, 0.3) is 0 Å². The van der Waals surface area contributed by atoms with Gasteiger partial charge in [0.15, 0.2) is 0 Å². The summed E-state index contributed by atoms with van der Waals surface area (Å²) in [4.78, 5) is 10.9. The fraction of sp³-hybridized carbons (Fsp3) is 0.278. The van der Waals surface area contributed by atoms with Crippen molar-refractivity contribution in [2.75, 3.05) is 18.0 Å². The Labute approximate surface area is 152 Å². The van der Waals surface area contributed by atoms with Gasteiger partial charge < -0.3 is 14.6 Å². The molecule has 2 aromatic rings. The molecule has 0 aliphatic carbocycles. The number of hydrogen-bond acceptors (Lipinski definition) is 5. The van der Waals surface area contributed by atoms with Crippen LogP contribution in [0, 0.1) is 0 Å². The standard InChI is InChI=1S/C18H20N2O5S/c1-25-12-15-5-3-2-4-14(15)8-13-6-7-17(18(22)9-13)20-10-16(11-21)19-26(20,23)24/h2-7,9,11,16,19,22H,8,10,12H2,1H3. The number of nitrogens with one attached hydrogen (secondary N) is 1. The minimum Gasteiger partial charge on any atom is -0.506 e. The number of rotatable bonds is 6. The monoisotopic (exact) mass is 376 g/mol. The van der Waals surface area contributed by atoms with Crippen LogP contribution in [-0.4, -0.2) is 39.5 Å². The molecule has 1 aliphatic rings. The zero-order valence-electron chi connectivity index (χ0n) is 14.3. The van der Waals surface area contributed by atoms with Gasteiger partial charge in [0.1, 0.15) is 12.0 Å². The molecule has 1 saturated heterocycles. The van der Waals surface area contributed by atoms with Gasteiger partial charge in [-0.1, -0.05) is 30.3 Å². The van der Waals surface area contributed by atoms with Crippen molar-refractivity contribution in [1.82, 2.24) is 4.72 Å². The number of methoxy groups -OCH3 is 1. The van der Waals surface area contributed by atoms with Crippen molar-refractivity contribution in [2.24, 2.45) is 0 Å². The predicted molar refractivity (Wildman–Crippen MR) is 97.3 cm³/mol. The Kier molecular flexibility index (Phi) is 5.26. The Hall–Kier alpha value is -2.42. The molecular weight excluding hydrogens is 356 g/mol. The van der Waals surface area contributed by atoms with Crippen LogP contribution in [-0.2, 0) is 32.8 Å². The molecule has 1 unspecified atom stereocenters. The lowest BCUT2D eigenvalue weighted by molar-refractivity contribution is -0.108. The maximum atomic E-state index is 12.1. The van der Waals surface area contributed by atoms with Gasteiger partial charge in [0.2, 0.25) is 0 Å². The number of phenols is 1. The first kappa shape index (κ1) is 18.4. The van der Waals surface area contributed by atoms with E-state index in [9.17, 15) is 18.3 Å². The van der Waals surface area contributed by atoms with Gasteiger partial charge in [-0.25, -0.2) is 0 Å². The van der Waals surface area contributed by atoms with E-state index in [4.69, 9.17) is 4.74 Å².